The SMILES string of the molecule is CC(C)(C)c1ccc(OC(CCOC(N)=O)N2CCC(C(=O)c3ccc(F)cc3)CC2)cc1. The van der Waals surface area contributed by atoms with Gasteiger partial charge in [-0.25, -0.2) is 9.18 Å². The van der Waals surface area contributed by atoms with Crippen molar-refractivity contribution >= 4 is 11.9 Å². The Morgan fingerprint density at radius 3 is 2.21 bits per heavy atom. The van der Waals surface area contributed by atoms with Crippen molar-refractivity contribution in [2.24, 2.45) is 11.7 Å². The van der Waals surface area contributed by atoms with Gasteiger partial charge in [0.2, 0.25) is 0 Å². The molecular formula is C26H33FN2O4. The zero-order valence-electron chi connectivity index (χ0n) is 19.6. The predicted molar refractivity (Wildman–Crippen MR) is 125 cm³/mol. The van der Waals surface area contributed by atoms with Crippen molar-refractivity contribution in [3.05, 3.63) is 65.5 Å². The van der Waals surface area contributed by atoms with Gasteiger partial charge in [-0.2, -0.15) is 0 Å². The summed E-state index contributed by atoms with van der Waals surface area (Å²) in [5, 5.41) is 0. The fraction of sp³-hybridized carbons (Fsp3) is 0.462. The molecule has 0 aromatic heterocycles. The lowest BCUT2D eigenvalue weighted by Crippen LogP contribution is -2.46. The summed E-state index contributed by atoms with van der Waals surface area (Å²) in [7, 11) is 0. The van der Waals surface area contributed by atoms with Crippen LogP contribution in [-0.4, -0.2) is 42.7 Å². The Morgan fingerprint density at radius 1 is 1.06 bits per heavy atom. The van der Waals surface area contributed by atoms with Crippen LogP contribution in [0.15, 0.2) is 48.5 Å². The van der Waals surface area contributed by atoms with Gasteiger partial charge >= 0.3 is 6.09 Å². The number of ketones is 1. The van der Waals surface area contributed by atoms with Crippen molar-refractivity contribution in [3.8, 4) is 5.75 Å². The molecule has 33 heavy (non-hydrogen) atoms. The van der Waals surface area contributed by atoms with Gasteiger partial charge in [0.1, 0.15) is 11.6 Å². The number of carbonyl (C=O) groups is 2. The van der Waals surface area contributed by atoms with Crippen LogP contribution in [0.3, 0.4) is 0 Å². The summed E-state index contributed by atoms with van der Waals surface area (Å²) in [4.78, 5) is 26.0. The number of Topliss-reactive ketones (excluding diaryl/α,β-unsaturated/α-hetero) is 1. The van der Waals surface area contributed by atoms with Crippen molar-refractivity contribution in [1.82, 2.24) is 4.90 Å². The van der Waals surface area contributed by atoms with Crippen molar-refractivity contribution in [3.63, 3.8) is 0 Å². The summed E-state index contributed by atoms with van der Waals surface area (Å²) in [6.45, 7) is 7.95. The summed E-state index contributed by atoms with van der Waals surface area (Å²) < 4.78 is 24.4. The Kier molecular flexibility index (Phi) is 8.08. The lowest BCUT2D eigenvalue weighted by molar-refractivity contribution is -0.0123. The van der Waals surface area contributed by atoms with Gasteiger partial charge < -0.3 is 15.2 Å². The van der Waals surface area contributed by atoms with Gasteiger partial charge in [-0.15, -0.1) is 0 Å². The van der Waals surface area contributed by atoms with Gasteiger partial charge in [-0.3, -0.25) is 9.69 Å². The van der Waals surface area contributed by atoms with Crippen molar-refractivity contribution in [2.45, 2.75) is 51.7 Å². The van der Waals surface area contributed by atoms with E-state index in [0.717, 1.165) is 5.75 Å². The third kappa shape index (κ3) is 7.02. The summed E-state index contributed by atoms with van der Waals surface area (Å²) in [5.74, 6) is 0.314. The average Bonchev–Trinajstić information content (AvgIpc) is 2.78. The summed E-state index contributed by atoms with van der Waals surface area (Å²) in [6.07, 6.45) is 0.685. The second kappa shape index (κ2) is 10.8. The minimum Gasteiger partial charge on any atom is -0.475 e. The predicted octanol–water partition coefficient (Wildman–Crippen LogP) is 4.91. The molecule has 1 unspecified atom stereocenters. The zero-order valence-corrected chi connectivity index (χ0v) is 19.6. The Hall–Kier alpha value is -2.93. The molecule has 7 heteroatoms. The van der Waals surface area contributed by atoms with Crippen LogP contribution in [0.2, 0.25) is 0 Å². The Bertz CT molecular complexity index is 930. The van der Waals surface area contributed by atoms with E-state index in [1.54, 1.807) is 12.1 Å². The first-order chi connectivity index (χ1) is 15.6. The molecule has 1 saturated heterocycles. The second-order valence-corrected chi connectivity index (χ2v) is 9.48. The molecule has 1 atom stereocenters. The molecule has 2 N–H and O–H groups in total. The molecule has 0 radical (unpaired) electrons. The number of carbonyl (C=O) groups excluding carboxylic acids is 2. The zero-order chi connectivity index (χ0) is 24.0. The van der Waals surface area contributed by atoms with Crippen LogP contribution in [0.1, 0.15) is 56.0 Å². The highest BCUT2D eigenvalue weighted by atomic mass is 19.1. The molecule has 1 aliphatic heterocycles. The van der Waals surface area contributed by atoms with Crippen molar-refractivity contribution in [1.29, 1.82) is 0 Å². The molecule has 1 aliphatic rings. The Balaban J connectivity index is 1.64. The van der Waals surface area contributed by atoms with E-state index >= 15 is 0 Å². The molecule has 6 nitrogen and oxygen atoms in total. The molecule has 0 saturated carbocycles. The first kappa shape index (κ1) is 24.7. The van der Waals surface area contributed by atoms with Gasteiger partial charge in [-0.05, 0) is 60.2 Å². The molecule has 2 aromatic carbocycles. The standard InChI is InChI=1S/C26H33FN2O4/c1-26(2,3)20-6-10-22(11-7-20)33-23(14-17-32-25(28)31)29-15-12-19(13-16-29)24(30)18-4-8-21(27)9-5-18/h4-11,19,23H,12-17H2,1-3H3,(H2,28,31). The monoisotopic (exact) mass is 456 g/mol. The fourth-order valence-corrected chi connectivity index (χ4v) is 4.07. The van der Waals surface area contributed by atoms with Gasteiger partial charge in [-0.1, -0.05) is 32.9 Å². The molecule has 0 bridgehead atoms. The maximum absolute atomic E-state index is 13.2. The third-order valence-electron chi connectivity index (χ3n) is 6.04. The number of likely N-dealkylation sites (tertiary alicyclic amines) is 1. The first-order valence-corrected chi connectivity index (χ1v) is 11.4. The lowest BCUT2D eigenvalue weighted by atomic mass is 9.87. The number of nitrogens with two attached hydrogens (primary N) is 1. The normalized spacial score (nSPS) is 16.2. The maximum atomic E-state index is 13.2. The lowest BCUT2D eigenvalue weighted by Gasteiger charge is -2.37. The third-order valence-corrected chi connectivity index (χ3v) is 6.04. The van der Waals surface area contributed by atoms with Crippen LogP contribution in [0.5, 0.6) is 5.75 Å². The summed E-state index contributed by atoms with van der Waals surface area (Å²) >= 11 is 0. The number of hydrogen-bond acceptors (Lipinski definition) is 5. The first-order valence-electron chi connectivity index (χ1n) is 11.4. The van der Waals surface area contributed by atoms with E-state index in [1.807, 2.05) is 12.1 Å². The Labute approximate surface area is 194 Å². The number of amides is 1. The van der Waals surface area contributed by atoms with Crippen LogP contribution >= 0.6 is 0 Å². The number of primary amides is 1. The second-order valence-electron chi connectivity index (χ2n) is 9.48. The van der Waals surface area contributed by atoms with Gasteiger partial charge in [0.25, 0.3) is 0 Å². The van der Waals surface area contributed by atoms with Crippen LogP contribution in [0, 0.1) is 11.7 Å². The van der Waals surface area contributed by atoms with E-state index < -0.39 is 6.09 Å². The molecule has 0 aliphatic carbocycles. The molecule has 3 rings (SSSR count). The molecule has 1 heterocycles. The maximum Gasteiger partial charge on any atom is 0.404 e. The fourth-order valence-electron chi connectivity index (χ4n) is 4.07. The largest absolute Gasteiger partial charge is 0.475 e. The average molecular weight is 457 g/mol. The smallest absolute Gasteiger partial charge is 0.404 e. The highest BCUT2D eigenvalue weighted by Gasteiger charge is 2.30. The number of nitrogens with zero attached hydrogens (tertiary/aromatic N) is 1. The van der Waals surface area contributed by atoms with E-state index in [2.05, 4.69) is 37.8 Å². The molecule has 178 valence electrons. The number of hydrogen-bond donors (Lipinski definition) is 1. The van der Waals surface area contributed by atoms with Crippen molar-refractivity contribution < 1.29 is 23.5 Å². The topological polar surface area (TPSA) is 81.9 Å². The Morgan fingerprint density at radius 2 is 1.67 bits per heavy atom. The van der Waals surface area contributed by atoms with Gasteiger partial charge in [0, 0.05) is 31.0 Å². The molecular weight excluding hydrogens is 423 g/mol. The van der Waals surface area contributed by atoms with Gasteiger partial charge in [0.15, 0.2) is 12.0 Å². The molecule has 0 spiro atoms. The summed E-state index contributed by atoms with van der Waals surface area (Å²) in [5.41, 5.74) is 6.90. The van der Waals surface area contributed by atoms with E-state index in [0.29, 0.717) is 37.9 Å². The molecule has 1 fully saturated rings. The van der Waals surface area contributed by atoms with E-state index in [9.17, 15) is 14.0 Å². The van der Waals surface area contributed by atoms with E-state index in [1.165, 1.54) is 17.7 Å². The van der Waals surface area contributed by atoms with Crippen molar-refractivity contribution in [2.75, 3.05) is 19.7 Å². The highest BCUT2D eigenvalue weighted by molar-refractivity contribution is 5.97. The van der Waals surface area contributed by atoms with Crippen LogP contribution in [0.25, 0.3) is 0 Å². The number of ether oxygens (including phenoxy) is 2. The quantitative estimate of drug-likeness (QED) is 0.571. The van der Waals surface area contributed by atoms with Gasteiger partial charge in [0.05, 0.1) is 6.61 Å². The highest BCUT2D eigenvalue weighted by Crippen LogP contribution is 2.28. The summed E-state index contributed by atoms with van der Waals surface area (Å²) in [6, 6.07) is 13.7. The number of piperidine rings is 1. The van der Waals surface area contributed by atoms with Crippen LogP contribution in [-0.2, 0) is 10.2 Å². The molecule has 2 aromatic rings. The number of rotatable bonds is 8. The van der Waals surface area contributed by atoms with Crippen LogP contribution < -0.4 is 10.5 Å². The minimum absolute atomic E-state index is 0.0435. The number of benzene rings is 2. The van der Waals surface area contributed by atoms with Crippen LogP contribution in [0.4, 0.5) is 9.18 Å². The number of halogens is 1. The van der Waals surface area contributed by atoms with E-state index in [-0.39, 0.29) is 35.8 Å². The molecule has 1 amide bonds. The van der Waals surface area contributed by atoms with E-state index in [4.69, 9.17) is 15.2 Å². The minimum atomic E-state index is -0.813.